The van der Waals surface area contributed by atoms with Crippen LogP contribution in [-0.2, 0) is 47.3 Å². The van der Waals surface area contributed by atoms with Crippen molar-refractivity contribution < 1.29 is 54.3 Å². The van der Waals surface area contributed by atoms with E-state index in [0.29, 0.717) is 11.3 Å². The van der Waals surface area contributed by atoms with E-state index < -0.39 is 11.7 Å². The monoisotopic (exact) mass is 611 g/mol. The molecular weight excluding hydrogens is 602 g/mol. The first-order valence-electron chi connectivity index (χ1n) is 4.66. The van der Waals surface area contributed by atoms with Crippen molar-refractivity contribution in [2.45, 2.75) is 6.18 Å². The van der Waals surface area contributed by atoms with Gasteiger partial charge in [-0.1, -0.05) is 18.2 Å². The van der Waals surface area contributed by atoms with Crippen molar-refractivity contribution in [2.75, 3.05) is 0 Å². The van der Waals surface area contributed by atoms with Crippen molar-refractivity contribution in [3.8, 4) is 11.3 Å². The third kappa shape index (κ3) is 4.31. The van der Waals surface area contributed by atoms with Crippen LogP contribution in [0, 0.1) is 0 Å². The summed E-state index contributed by atoms with van der Waals surface area (Å²) in [4.78, 5) is 4.06. The Morgan fingerprint density at radius 2 is 1.50 bits per heavy atom. The van der Waals surface area contributed by atoms with Gasteiger partial charge in [0, 0.05) is 52.9 Å². The molecule has 101 valence electrons. The zero-order chi connectivity index (χ0) is 11.6. The Kier molecular flexibility index (Phi) is 6.98. The van der Waals surface area contributed by atoms with Crippen LogP contribution in [0.4, 0.5) is 13.2 Å². The minimum absolute atomic E-state index is 0. The van der Waals surface area contributed by atoms with E-state index >= 15 is 0 Å². The zero-order valence-corrected chi connectivity index (χ0v) is 13.5. The minimum Gasteiger partial charge on any atom is -0.256 e. The second-order valence-corrected chi connectivity index (χ2v) is 3.29. The molecule has 0 amide bonds. The summed E-state index contributed by atoms with van der Waals surface area (Å²) >= 11 is 0. The summed E-state index contributed by atoms with van der Waals surface area (Å²) in [5.74, 6) is 0. The van der Waals surface area contributed by atoms with Crippen molar-refractivity contribution in [1.82, 2.24) is 4.98 Å². The largest absolute Gasteiger partial charge is 0.416 e. The van der Waals surface area contributed by atoms with E-state index in [-0.39, 0.29) is 41.2 Å². The standard InChI is InChI=1S/C12H8F3N.Ir.Pt/c13-12(14,15)10-6-4-9(5-7-10)11-3-1-2-8-16-11;;/h1-8H;;. The minimum atomic E-state index is -4.29. The van der Waals surface area contributed by atoms with E-state index in [1.54, 1.807) is 24.4 Å². The molecule has 0 aliphatic rings. The fraction of sp³-hybridized carbons (Fsp3) is 0.0833. The maximum Gasteiger partial charge on any atom is 0.416 e. The molecule has 0 fully saturated rings. The molecule has 0 saturated carbocycles. The van der Waals surface area contributed by atoms with Gasteiger partial charge >= 0.3 is 6.18 Å². The van der Waals surface area contributed by atoms with Crippen LogP contribution in [0.3, 0.4) is 0 Å². The molecule has 6 heteroatoms. The van der Waals surface area contributed by atoms with E-state index in [4.69, 9.17) is 0 Å². The molecule has 0 bridgehead atoms. The summed E-state index contributed by atoms with van der Waals surface area (Å²) < 4.78 is 36.9. The number of benzene rings is 1. The normalized spacial score (nSPS) is 10.2. The average molecular weight is 610 g/mol. The summed E-state index contributed by atoms with van der Waals surface area (Å²) in [7, 11) is 0. The Balaban J connectivity index is 0.00000144. The van der Waals surface area contributed by atoms with E-state index in [9.17, 15) is 13.2 Å². The van der Waals surface area contributed by atoms with Crippen molar-refractivity contribution in [1.29, 1.82) is 0 Å². The Morgan fingerprint density at radius 1 is 0.889 bits per heavy atom. The second-order valence-electron chi connectivity index (χ2n) is 3.29. The number of pyridine rings is 1. The van der Waals surface area contributed by atoms with E-state index in [2.05, 4.69) is 4.98 Å². The maximum atomic E-state index is 12.3. The molecule has 0 spiro atoms. The van der Waals surface area contributed by atoms with Gasteiger partial charge in [-0.15, -0.1) is 0 Å². The van der Waals surface area contributed by atoms with E-state index in [0.717, 1.165) is 12.1 Å². The second kappa shape index (κ2) is 7.18. The van der Waals surface area contributed by atoms with Gasteiger partial charge in [0.2, 0.25) is 0 Å². The van der Waals surface area contributed by atoms with Crippen LogP contribution in [0.2, 0.25) is 0 Å². The van der Waals surface area contributed by atoms with Gasteiger partial charge in [0.1, 0.15) is 0 Å². The first kappa shape index (κ1) is 17.5. The molecule has 0 N–H and O–H groups in total. The van der Waals surface area contributed by atoms with Gasteiger partial charge in [-0.2, -0.15) is 13.2 Å². The molecule has 0 aliphatic heterocycles. The SMILES string of the molecule is FC(F)(F)c1ccc(-c2ccccn2)cc1.[Ir].[Pt]. The smallest absolute Gasteiger partial charge is 0.256 e. The number of hydrogen-bond acceptors (Lipinski definition) is 1. The summed E-state index contributed by atoms with van der Waals surface area (Å²) in [6.45, 7) is 0. The predicted molar refractivity (Wildman–Crippen MR) is 54.7 cm³/mol. The van der Waals surface area contributed by atoms with Crippen molar-refractivity contribution >= 4 is 0 Å². The number of alkyl halides is 3. The van der Waals surface area contributed by atoms with Gasteiger partial charge in [0.15, 0.2) is 0 Å². The third-order valence-corrected chi connectivity index (χ3v) is 2.17. The third-order valence-electron chi connectivity index (χ3n) is 2.17. The van der Waals surface area contributed by atoms with Gasteiger partial charge < -0.3 is 0 Å². The number of nitrogens with zero attached hydrogens (tertiary/aromatic N) is 1. The number of aromatic nitrogens is 1. The van der Waals surface area contributed by atoms with Gasteiger partial charge in [0.25, 0.3) is 0 Å². The van der Waals surface area contributed by atoms with Gasteiger partial charge in [-0.05, 0) is 24.3 Å². The van der Waals surface area contributed by atoms with Crippen LogP contribution >= 0.6 is 0 Å². The molecule has 0 unspecified atom stereocenters. The zero-order valence-electron chi connectivity index (χ0n) is 8.85. The van der Waals surface area contributed by atoms with Crippen LogP contribution in [0.25, 0.3) is 11.3 Å². The maximum absolute atomic E-state index is 12.3. The molecule has 2 rings (SSSR count). The Morgan fingerprint density at radius 3 is 1.94 bits per heavy atom. The number of hydrogen-bond donors (Lipinski definition) is 0. The average Bonchev–Trinajstić information content (AvgIpc) is 2.29. The Hall–Kier alpha value is -0.502. The van der Waals surface area contributed by atoms with Crippen LogP contribution < -0.4 is 0 Å². The van der Waals surface area contributed by atoms with Crippen molar-refractivity contribution in [3.05, 3.63) is 54.2 Å². The molecule has 1 aromatic carbocycles. The first-order chi connectivity index (χ1) is 7.57. The van der Waals surface area contributed by atoms with Gasteiger partial charge in [0.05, 0.1) is 11.3 Å². The molecule has 0 saturated heterocycles. The summed E-state index contributed by atoms with van der Waals surface area (Å²) in [5, 5.41) is 0. The molecule has 1 aromatic heterocycles. The van der Waals surface area contributed by atoms with Gasteiger partial charge in [-0.3, -0.25) is 4.98 Å². The van der Waals surface area contributed by atoms with Crippen LogP contribution in [0.15, 0.2) is 48.7 Å². The Bertz CT molecular complexity index is 471. The van der Waals surface area contributed by atoms with E-state index in [1.807, 2.05) is 0 Å². The fourth-order valence-corrected chi connectivity index (χ4v) is 1.36. The fourth-order valence-electron chi connectivity index (χ4n) is 1.36. The summed E-state index contributed by atoms with van der Waals surface area (Å²) in [5.41, 5.74) is 0.692. The number of rotatable bonds is 1. The van der Waals surface area contributed by atoms with Gasteiger partial charge in [-0.25, -0.2) is 0 Å². The van der Waals surface area contributed by atoms with Crippen molar-refractivity contribution in [3.63, 3.8) is 0 Å². The van der Waals surface area contributed by atoms with E-state index in [1.165, 1.54) is 12.1 Å². The summed E-state index contributed by atoms with van der Waals surface area (Å²) in [6, 6.07) is 10.3. The van der Waals surface area contributed by atoms with Crippen molar-refractivity contribution in [2.24, 2.45) is 0 Å². The molecule has 0 aliphatic carbocycles. The quantitative estimate of drug-likeness (QED) is 0.480. The van der Waals surface area contributed by atoms with Crippen LogP contribution in [-0.4, -0.2) is 4.98 Å². The topological polar surface area (TPSA) is 12.9 Å². The van der Waals surface area contributed by atoms with Crippen LogP contribution in [0.1, 0.15) is 5.56 Å². The molecule has 2 aromatic rings. The number of halogens is 3. The summed E-state index contributed by atoms with van der Waals surface area (Å²) in [6.07, 6.45) is -2.68. The molecule has 0 atom stereocenters. The Labute approximate surface area is 130 Å². The molecule has 18 heavy (non-hydrogen) atoms. The molecule has 1 radical (unpaired) electrons. The molecule has 1 heterocycles. The molecule has 1 nitrogen and oxygen atoms in total. The predicted octanol–water partition coefficient (Wildman–Crippen LogP) is 3.76. The van der Waals surface area contributed by atoms with Crippen LogP contribution in [0.5, 0.6) is 0 Å². The molecular formula is C12H8F3IrNPt. The first-order valence-corrected chi connectivity index (χ1v) is 4.66.